The number of carbonyl (C=O) groups excluding carboxylic acids is 1. The third-order valence-electron chi connectivity index (χ3n) is 3.99. The normalized spacial score (nSPS) is 29.3. The fourth-order valence-corrected chi connectivity index (χ4v) is 2.99. The maximum absolute atomic E-state index is 12.1. The van der Waals surface area contributed by atoms with Crippen LogP contribution in [0.25, 0.3) is 0 Å². The molecule has 2 aliphatic rings. The first-order valence-corrected chi connectivity index (χ1v) is 6.99. The summed E-state index contributed by atoms with van der Waals surface area (Å²) in [4.78, 5) is 21.0. The highest BCUT2D eigenvalue weighted by Gasteiger charge is 2.33. The van der Waals surface area contributed by atoms with Crippen LogP contribution in [0.4, 0.5) is 0 Å². The molecule has 1 aliphatic carbocycles. The van der Waals surface area contributed by atoms with Crippen molar-refractivity contribution in [2.75, 3.05) is 0 Å². The summed E-state index contributed by atoms with van der Waals surface area (Å²) in [5.74, 6) is 0.909. The van der Waals surface area contributed by atoms with Gasteiger partial charge in [0.15, 0.2) is 11.6 Å². The molecule has 0 radical (unpaired) electrons. The molecule has 1 fully saturated rings. The molecular weight excluding hydrogens is 240 g/mol. The van der Waals surface area contributed by atoms with E-state index in [-0.39, 0.29) is 23.4 Å². The van der Waals surface area contributed by atoms with E-state index in [1.165, 1.54) is 0 Å². The van der Waals surface area contributed by atoms with Gasteiger partial charge in [-0.1, -0.05) is 13.8 Å². The Morgan fingerprint density at radius 2 is 2.11 bits per heavy atom. The molecule has 19 heavy (non-hydrogen) atoms. The third-order valence-corrected chi connectivity index (χ3v) is 3.99. The van der Waals surface area contributed by atoms with Gasteiger partial charge in [0.2, 0.25) is 0 Å². The number of Topliss-reactive ketones (excluding diaryl/α,β-unsaturated/α-hetero) is 1. The predicted molar refractivity (Wildman–Crippen MR) is 71.0 cm³/mol. The summed E-state index contributed by atoms with van der Waals surface area (Å²) in [6.07, 6.45) is 5.42. The van der Waals surface area contributed by atoms with Crippen molar-refractivity contribution in [1.29, 1.82) is 0 Å². The monoisotopic (exact) mass is 260 g/mol. The summed E-state index contributed by atoms with van der Waals surface area (Å²) < 4.78 is 5.81. The molecule has 1 aromatic heterocycles. The van der Waals surface area contributed by atoms with Gasteiger partial charge in [0.05, 0.1) is 17.4 Å². The van der Waals surface area contributed by atoms with E-state index in [1.54, 1.807) is 6.20 Å². The van der Waals surface area contributed by atoms with Crippen LogP contribution in [0.2, 0.25) is 0 Å². The number of hydrogen-bond donors (Lipinski definition) is 0. The van der Waals surface area contributed by atoms with Crippen LogP contribution in [0.15, 0.2) is 6.20 Å². The van der Waals surface area contributed by atoms with E-state index in [4.69, 9.17) is 4.74 Å². The quantitative estimate of drug-likeness (QED) is 0.779. The van der Waals surface area contributed by atoms with Crippen molar-refractivity contribution >= 4 is 5.78 Å². The van der Waals surface area contributed by atoms with E-state index < -0.39 is 0 Å². The Morgan fingerprint density at radius 1 is 1.32 bits per heavy atom. The van der Waals surface area contributed by atoms with Crippen LogP contribution in [-0.2, 0) is 11.2 Å². The standard InChI is InChI=1S/C15H20N2O2/c1-9-4-5-13(19-9)14-16-8-10-11(17-14)6-15(2,3)7-12(10)18/h8-9,13H,4-7H2,1-3H3. The zero-order chi connectivity index (χ0) is 13.6. The summed E-state index contributed by atoms with van der Waals surface area (Å²) in [6.45, 7) is 6.30. The Labute approximate surface area is 113 Å². The van der Waals surface area contributed by atoms with Crippen molar-refractivity contribution in [1.82, 2.24) is 9.97 Å². The summed E-state index contributed by atoms with van der Waals surface area (Å²) in [5.41, 5.74) is 1.60. The highest BCUT2D eigenvalue weighted by molar-refractivity contribution is 5.98. The van der Waals surface area contributed by atoms with E-state index in [1.807, 2.05) is 0 Å². The molecule has 0 aromatic carbocycles. The topological polar surface area (TPSA) is 52.1 Å². The fraction of sp³-hybridized carbons (Fsp3) is 0.667. The first-order chi connectivity index (χ1) is 8.94. The van der Waals surface area contributed by atoms with Crippen LogP contribution in [0.3, 0.4) is 0 Å². The lowest BCUT2D eigenvalue weighted by Gasteiger charge is -2.29. The average molecular weight is 260 g/mol. The highest BCUT2D eigenvalue weighted by Crippen LogP contribution is 2.35. The van der Waals surface area contributed by atoms with Gasteiger partial charge < -0.3 is 4.74 Å². The van der Waals surface area contributed by atoms with Crippen LogP contribution in [0.1, 0.15) is 68.0 Å². The molecule has 0 saturated carbocycles. The molecule has 3 rings (SSSR count). The largest absolute Gasteiger partial charge is 0.367 e. The Hall–Kier alpha value is -1.29. The molecule has 0 bridgehead atoms. The molecule has 0 amide bonds. The second-order valence-corrected chi connectivity index (χ2v) is 6.54. The molecule has 102 valence electrons. The maximum Gasteiger partial charge on any atom is 0.166 e. The van der Waals surface area contributed by atoms with Gasteiger partial charge in [-0.05, 0) is 31.6 Å². The Balaban J connectivity index is 1.93. The lowest BCUT2D eigenvalue weighted by molar-refractivity contribution is 0.0498. The van der Waals surface area contributed by atoms with E-state index in [0.717, 1.165) is 30.8 Å². The summed E-state index contributed by atoms with van der Waals surface area (Å²) in [7, 11) is 0. The number of hydrogen-bond acceptors (Lipinski definition) is 4. The fourth-order valence-electron chi connectivity index (χ4n) is 2.99. The average Bonchev–Trinajstić information content (AvgIpc) is 2.73. The van der Waals surface area contributed by atoms with Crippen molar-refractivity contribution in [2.45, 2.75) is 58.7 Å². The van der Waals surface area contributed by atoms with E-state index >= 15 is 0 Å². The van der Waals surface area contributed by atoms with Gasteiger partial charge in [-0.2, -0.15) is 0 Å². The van der Waals surface area contributed by atoms with Crippen LogP contribution < -0.4 is 0 Å². The van der Waals surface area contributed by atoms with Crippen molar-refractivity contribution in [3.05, 3.63) is 23.3 Å². The zero-order valence-electron chi connectivity index (χ0n) is 11.8. The minimum Gasteiger partial charge on any atom is -0.367 e. The van der Waals surface area contributed by atoms with Crippen molar-refractivity contribution in [3.8, 4) is 0 Å². The van der Waals surface area contributed by atoms with Gasteiger partial charge in [-0.3, -0.25) is 4.79 Å². The Kier molecular flexibility index (Phi) is 2.93. The number of ether oxygens (including phenoxy) is 1. The molecule has 0 N–H and O–H groups in total. The van der Waals surface area contributed by atoms with Gasteiger partial charge in [-0.15, -0.1) is 0 Å². The van der Waals surface area contributed by atoms with Gasteiger partial charge in [0, 0.05) is 12.6 Å². The summed E-state index contributed by atoms with van der Waals surface area (Å²) in [5, 5.41) is 0. The molecule has 1 saturated heterocycles. The minimum absolute atomic E-state index is 0.000408. The number of carbonyl (C=O) groups is 1. The molecule has 1 aromatic rings. The second-order valence-electron chi connectivity index (χ2n) is 6.54. The first-order valence-electron chi connectivity index (χ1n) is 6.99. The molecule has 2 heterocycles. The van der Waals surface area contributed by atoms with Crippen LogP contribution >= 0.6 is 0 Å². The van der Waals surface area contributed by atoms with Crippen LogP contribution in [0.5, 0.6) is 0 Å². The van der Waals surface area contributed by atoms with Crippen molar-refractivity contribution < 1.29 is 9.53 Å². The molecule has 2 atom stereocenters. The molecular formula is C15H20N2O2. The molecule has 4 heteroatoms. The lowest BCUT2D eigenvalue weighted by Crippen LogP contribution is -2.28. The summed E-state index contributed by atoms with van der Waals surface area (Å²) in [6, 6.07) is 0. The van der Waals surface area contributed by atoms with E-state index in [2.05, 4.69) is 30.7 Å². The van der Waals surface area contributed by atoms with Crippen LogP contribution in [0, 0.1) is 5.41 Å². The van der Waals surface area contributed by atoms with Crippen molar-refractivity contribution in [2.24, 2.45) is 5.41 Å². The Bertz CT molecular complexity index is 525. The predicted octanol–water partition coefficient (Wildman–Crippen LogP) is 2.87. The van der Waals surface area contributed by atoms with E-state index in [0.29, 0.717) is 12.0 Å². The molecule has 4 nitrogen and oxygen atoms in total. The van der Waals surface area contributed by atoms with Crippen molar-refractivity contribution in [3.63, 3.8) is 0 Å². The van der Waals surface area contributed by atoms with Gasteiger partial charge >= 0.3 is 0 Å². The minimum atomic E-state index is -0.000465. The lowest BCUT2D eigenvalue weighted by atomic mass is 9.76. The van der Waals surface area contributed by atoms with E-state index in [9.17, 15) is 4.79 Å². The van der Waals surface area contributed by atoms with Crippen LogP contribution in [-0.4, -0.2) is 21.9 Å². The molecule has 2 unspecified atom stereocenters. The number of aromatic nitrogens is 2. The smallest absolute Gasteiger partial charge is 0.166 e. The zero-order valence-corrected chi connectivity index (χ0v) is 11.8. The number of fused-ring (bicyclic) bond motifs is 1. The maximum atomic E-state index is 12.1. The third kappa shape index (κ3) is 2.41. The highest BCUT2D eigenvalue weighted by atomic mass is 16.5. The molecule has 0 spiro atoms. The SMILES string of the molecule is CC1CCC(c2ncc3c(n2)CC(C)(C)CC3=O)O1. The number of rotatable bonds is 1. The second kappa shape index (κ2) is 4.37. The van der Waals surface area contributed by atoms with Gasteiger partial charge in [0.1, 0.15) is 6.10 Å². The number of nitrogens with zero attached hydrogens (tertiary/aromatic N) is 2. The molecule has 1 aliphatic heterocycles. The summed E-state index contributed by atoms with van der Waals surface area (Å²) >= 11 is 0. The Morgan fingerprint density at radius 3 is 2.79 bits per heavy atom. The van der Waals surface area contributed by atoms with Gasteiger partial charge in [-0.25, -0.2) is 9.97 Å². The number of ketones is 1. The first kappa shape index (κ1) is 12.7. The van der Waals surface area contributed by atoms with Gasteiger partial charge in [0.25, 0.3) is 0 Å².